The summed E-state index contributed by atoms with van der Waals surface area (Å²) in [6, 6.07) is 0.150. The molecule has 0 saturated carbocycles. The number of nitrogen functional groups attached to an aromatic ring is 2. The van der Waals surface area contributed by atoms with Gasteiger partial charge in [-0.3, -0.25) is 27.5 Å². The van der Waals surface area contributed by atoms with Gasteiger partial charge in [-0.25, -0.2) is 33.7 Å². The summed E-state index contributed by atoms with van der Waals surface area (Å²) in [5.41, 5.74) is 10.9. The van der Waals surface area contributed by atoms with E-state index in [2.05, 4.69) is 31.0 Å². The van der Waals surface area contributed by atoms with E-state index in [1.54, 1.807) is 12.3 Å². The molecular weight excluding hydrogens is 840 g/mol. The Morgan fingerprint density at radius 2 is 1.88 bits per heavy atom. The molecule has 3 aromatic heterocycles. The van der Waals surface area contributed by atoms with E-state index in [9.17, 15) is 43.3 Å². The summed E-state index contributed by atoms with van der Waals surface area (Å²) in [4.78, 5) is 85.7. The number of ether oxygens (including phenoxy) is 3. The molecule has 2 fully saturated rings. The van der Waals surface area contributed by atoms with Gasteiger partial charge >= 0.3 is 27.3 Å². The Morgan fingerprint density at radius 3 is 2.56 bits per heavy atom. The highest BCUT2D eigenvalue weighted by atomic mass is 33.1. The minimum absolute atomic E-state index is 0.0194. The monoisotopic (exact) mass is 881 g/mol. The fourth-order valence-electron chi connectivity index (χ4n) is 5.86. The van der Waals surface area contributed by atoms with Crippen LogP contribution in [0.15, 0.2) is 42.4 Å². The van der Waals surface area contributed by atoms with Crippen molar-refractivity contribution in [1.82, 2.24) is 34.0 Å². The van der Waals surface area contributed by atoms with Crippen LogP contribution in [0.3, 0.4) is 0 Å². The molecule has 0 bridgehead atoms. The Labute approximate surface area is 331 Å². The Bertz CT molecular complexity index is 2080. The van der Waals surface area contributed by atoms with Crippen molar-refractivity contribution in [3.63, 3.8) is 0 Å². The Hall–Kier alpha value is -3.49. The van der Waals surface area contributed by atoms with Crippen molar-refractivity contribution < 1.29 is 66.3 Å². The fourth-order valence-corrected chi connectivity index (χ4v) is 8.58. The molecular formula is C29H41N9O15P2S2. The van der Waals surface area contributed by atoms with Gasteiger partial charge in [-0.1, -0.05) is 27.7 Å². The number of aliphatic hydroxyl groups excluding tert-OH is 1. The van der Waals surface area contributed by atoms with Crippen molar-refractivity contribution in [3.05, 3.63) is 48.1 Å². The molecule has 57 heavy (non-hydrogen) atoms. The van der Waals surface area contributed by atoms with Crippen molar-refractivity contribution in [2.75, 3.05) is 43.7 Å². The van der Waals surface area contributed by atoms with E-state index in [4.69, 9.17) is 34.7 Å². The number of anilines is 2. The van der Waals surface area contributed by atoms with Gasteiger partial charge in [0.05, 0.1) is 19.5 Å². The van der Waals surface area contributed by atoms with Crippen molar-refractivity contribution >= 4 is 71.9 Å². The van der Waals surface area contributed by atoms with E-state index in [0.29, 0.717) is 6.42 Å². The van der Waals surface area contributed by atoms with Crippen molar-refractivity contribution in [2.24, 2.45) is 0 Å². The molecule has 1 amide bonds. The van der Waals surface area contributed by atoms with Gasteiger partial charge in [0, 0.05) is 31.8 Å². The van der Waals surface area contributed by atoms with E-state index >= 15 is 0 Å². The number of hydrogen-bond acceptors (Lipinski definition) is 20. The third-order valence-electron chi connectivity index (χ3n) is 8.68. The average molecular weight is 882 g/mol. The summed E-state index contributed by atoms with van der Waals surface area (Å²) < 4.78 is 60.0. The van der Waals surface area contributed by atoms with Crippen LogP contribution in [0.25, 0.3) is 11.2 Å². The number of aromatic nitrogens is 6. The number of carbonyl (C=O) groups is 2. The lowest BCUT2D eigenvalue weighted by Gasteiger charge is -2.29. The molecule has 5 rings (SSSR count). The number of likely N-dealkylation sites (N-methyl/N-ethyl adjacent to an activating group) is 1. The van der Waals surface area contributed by atoms with Crippen LogP contribution in [-0.2, 0) is 46.5 Å². The van der Waals surface area contributed by atoms with Crippen LogP contribution in [0, 0.1) is 0 Å². The number of carbonyl (C=O) groups excluding carboxylic acids is 2. The summed E-state index contributed by atoms with van der Waals surface area (Å²) in [5.74, 6) is -1.28. The predicted molar refractivity (Wildman–Crippen MR) is 202 cm³/mol. The highest BCUT2D eigenvalue weighted by Gasteiger charge is 2.50. The highest BCUT2D eigenvalue weighted by Crippen LogP contribution is 2.50. The van der Waals surface area contributed by atoms with E-state index in [1.165, 1.54) is 56.7 Å². The zero-order valence-electron chi connectivity index (χ0n) is 30.2. The SMILES string of the molecule is C=CCCC(=O)N(C)[C@@H](CSSC)C(=O)O[C@H]1[C@@H](O)[C@H](n2cnc3c(N)ncnc32)O[C@@H]1COP(=O)(O)O[C@H]1C[C@H](n2ccc(N)nc2=O)O[C@@H]1COP(=O)(O)O. The minimum atomic E-state index is -5.19. The first-order valence-electron chi connectivity index (χ1n) is 16.8. The summed E-state index contributed by atoms with van der Waals surface area (Å²) >= 11 is 0. The molecule has 0 radical (unpaired) electrons. The van der Waals surface area contributed by atoms with Crippen LogP contribution < -0.4 is 17.2 Å². The second-order valence-corrected chi connectivity index (χ2v) is 17.7. The number of esters is 1. The first-order chi connectivity index (χ1) is 26.9. The lowest BCUT2D eigenvalue weighted by atomic mass is 10.1. The molecule has 24 nitrogen and oxygen atoms in total. The fraction of sp³-hybridized carbons (Fsp3) is 0.552. The Kier molecular flexibility index (Phi) is 14.9. The van der Waals surface area contributed by atoms with Gasteiger partial charge in [0.15, 0.2) is 23.8 Å². The number of hydrogen-bond donors (Lipinski definition) is 6. The molecule has 2 aliphatic rings. The van der Waals surface area contributed by atoms with Crippen LogP contribution in [0.2, 0.25) is 0 Å². The van der Waals surface area contributed by atoms with Crippen LogP contribution in [0.5, 0.6) is 0 Å². The maximum absolute atomic E-state index is 13.8. The molecule has 0 aromatic carbocycles. The van der Waals surface area contributed by atoms with Gasteiger partial charge < -0.3 is 50.4 Å². The molecule has 3 aromatic rings. The van der Waals surface area contributed by atoms with Gasteiger partial charge in [-0.2, -0.15) is 4.98 Å². The number of nitrogens with two attached hydrogens (primary N) is 2. The molecule has 28 heteroatoms. The van der Waals surface area contributed by atoms with Crippen molar-refractivity contribution in [1.29, 1.82) is 0 Å². The number of phosphoric acid groups is 2. The molecule has 314 valence electrons. The normalized spacial score (nSPS) is 25.3. The highest BCUT2D eigenvalue weighted by molar-refractivity contribution is 8.76. The second kappa shape index (κ2) is 19.1. The molecule has 0 spiro atoms. The smallest absolute Gasteiger partial charge is 0.455 e. The van der Waals surface area contributed by atoms with Gasteiger partial charge in [0.2, 0.25) is 5.91 Å². The average Bonchev–Trinajstić information content (AvgIpc) is 3.84. The Balaban J connectivity index is 1.38. The lowest BCUT2D eigenvalue weighted by Crippen LogP contribution is -2.48. The third-order valence-corrected chi connectivity index (χ3v) is 12.0. The van der Waals surface area contributed by atoms with Gasteiger partial charge in [-0.15, -0.1) is 6.58 Å². The number of phosphoric ester groups is 2. The summed E-state index contributed by atoms with van der Waals surface area (Å²) in [5, 5.41) is 11.6. The van der Waals surface area contributed by atoms with E-state index < -0.39 is 89.5 Å². The number of allylic oxidation sites excluding steroid dienone is 1. The standard InChI is InChI=1S/C29H41N9O15P2S2/c1-4-5-6-20(39)36(2)15(12-57-56-3)28(41)52-24-18(51-27(23(24)40)38-14-34-22-25(31)32-13-33-26(22)38)11-49-55(46,47)53-16-9-21(37-8-7-19(30)35-29(37)42)50-17(16)10-48-54(43,44)45/h4,7-8,13-18,21,23-24,27,40H,1,5-6,9-12H2,2-3H3,(H,46,47)(H2,30,35,42)(H2,31,32,33)(H2,43,44,45)/t15-,16-,17+,18+,21+,23+,24+,27+/m0/s1. The van der Waals surface area contributed by atoms with Crippen molar-refractivity contribution in [3.8, 4) is 0 Å². The maximum atomic E-state index is 13.8. The van der Waals surface area contributed by atoms with Crippen molar-refractivity contribution in [2.45, 2.75) is 68.3 Å². The molecule has 1 unspecified atom stereocenters. The molecule has 0 aliphatic carbocycles. The minimum Gasteiger partial charge on any atom is -0.455 e. The first-order valence-corrected chi connectivity index (χ1v) is 22.5. The lowest BCUT2D eigenvalue weighted by molar-refractivity contribution is -0.164. The van der Waals surface area contributed by atoms with Crippen LogP contribution >= 0.6 is 37.2 Å². The summed E-state index contributed by atoms with van der Waals surface area (Å²) in [6.45, 7) is 1.92. The summed E-state index contributed by atoms with van der Waals surface area (Å²) in [6.07, 6.45) is -3.19. The first kappa shape index (κ1) is 44.6. The van der Waals surface area contributed by atoms with E-state index in [1.807, 2.05) is 0 Å². The van der Waals surface area contributed by atoms with Crippen LogP contribution in [-0.4, -0.2) is 134 Å². The topological polar surface area (TPSA) is 338 Å². The zero-order chi connectivity index (χ0) is 41.7. The quantitative estimate of drug-likeness (QED) is 0.0403. The van der Waals surface area contributed by atoms with Gasteiger partial charge in [0.25, 0.3) is 0 Å². The Morgan fingerprint density at radius 1 is 1.14 bits per heavy atom. The van der Waals surface area contributed by atoms with E-state index in [0.717, 1.165) is 10.9 Å². The molecule has 9 atom stereocenters. The van der Waals surface area contributed by atoms with Crippen LogP contribution in [0.1, 0.15) is 31.7 Å². The molecule has 2 aliphatic heterocycles. The third kappa shape index (κ3) is 11.2. The maximum Gasteiger partial charge on any atom is 0.472 e. The van der Waals surface area contributed by atoms with E-state index in [-0.39, 0.29) is 47.3 Å². The number of nitrogens with zero attached hydrogens (tertiary/aromatic N) is 7. The zero-order valence-corrected chi connectivity index (χ0v) is 33.7. The molecule has 8 N–H and O–H groups in total. The predicted octanol–water partition coefficient (Wildman–Crippen LogP) is 0.121. The molecule has 2 saturated heterocycles. The largest absolute Gasteiger partial charge is 0.472 e. The van der Waals surface area contributed by atoms with Gasteiger partial charge in [0.1, 0.15) is 54.3 Å². The number of fused-ring (bicyclic) bond motifs is 1. The molecule has 5 heterocycles. The summed E-state index contributed by atoms with van der Waals surface area (Å²) in [7, 11) is -6.20. The second-order valence-electron chi connectivity index (χ2n) is 12.4. The van der Waals surface area contributed by atoms with Gasteiger partial charge in [-0.05, 0) is 18.7 Å². The number of aliphatic hydroxyl groups is 1. The number of rotatable bonds is 19. The van der Waals surface area contributed by atoms with Crippen LogP contribution in [0.4, 0.5) is 11.6 Å². The number of imidazole rings is 1. The number of amides is 1.